The van der Waals surface area contributed by atoms with Gasteiger partial charge in [0.15, 0.2) is 0 Å². The maximum absolute atomic E-state index is 6.42. The van der Waals surface area contributed by atoms with Crippen LogP contribution >= 0.6 is 0 Å². The SMILES string of the molecule is c1cc(-c2ccc(-c3cccc4c3ccc3ccccc34)cc2)cc(N(c2cccc(-c3cccc4ccccc34)c2)c2cccc3oc4ccccc4c23)c1. The summed E-state index contributed by atoms with van der Waals surface area (Å²) in [5, 5.41) is 9.76. The predicted molar refractivity (Wildman–Crippen MR) is 237 cm³/mol. The van der Waals surface area contributed by atoms with Crippen molar-refractivity contribution >= 4 is 71.3 Å². The number of fused-ring (bicyclic) bond motifs is 7. The lowest BCUT2D eigenvalue weighted by molar-refractivity contribution is 0.669. The highest BCUT2D eigenvalue weighted by atomic mass is 16.3. The van der Waals surface area contributed by atoms with Crippen molar-refractivity contribution in [3.8, 4) is 33.4 Å². The fourth-order valence-corrected chi connectivity index (χ4v) is 8.62. The van der Waals surface area contributed by atoms with Gasteiger partial charge in [-0.25, -0.2) is 0 Å². The summed E-state index contributed by atoms with van der Waals surface area (Å²) in [6.45, 7) is 0. The minimum absolute atomic E-state index is 0.868. The van der Waals surface area contributed by atoms with E-state index >= 15 is 0 Å². The van der Waals surface area contributed by atoms with Crippen LogP contribution in [0.4, 0.5) is 17.1 Å². The Bertz CT molecular complexity index is 3260. The molecule has 0 N–H and O–H groups in total. The van der Waals surface area contributed by atoms with Crippen molar-refractivity contribution in [3.05, 3.63) is 212 Å². The number of benzene rings is 10. The third-order valence-corrected chi connectivity index (χ3v) is 11.2. The lowest BCUT2D eigenvalue weighted by Crippen LogP contribution is -2.10. The van der Waals surface area contributed by atoms with Gasteiger partial charge in [0.25, 0.3) is 0 Å². The van der Waals surface area contributed by atoms with E-state index in [1.165, 1.54) is 54.6 Å². The summed E-state index contributed by atoms with van der Waals surface area (Å²) in [6.07, 6.45) is 0. The van der Waals surface area contributed by atoms with Crippen LogP contribution in [-0.4, -0.2) is 0 Å². The molecule has 0 spiro atoms. The molecule has 0 saturated carbocycles. The Morgan fingerprint density at radius 3 is 1.68 bits per heavy atom. The average Bonchev–Trinajstić information content (AvgIpc) is 3.66. The maximum Gasteiger partial charge on any atom is 0.137 e. The lowest BCUT2D eigenvalue weighted by Gasteiger charge is -2.27. The summed E-state index contributed by atoms with van der Waals surface area (Å²) in [5.41, 5.74) is 12.1. The molecule has 0 radical (unpaired) electrons. The van der Waals surface area contributed by atoms with Gasteiger partial charge in [0.2, 0.25) is 0 Å². The highest BCUT2D eigenvalue weighted by Gasteiger charge is 2.20. The first-order valence-corrected chi connectivity index (χ1v) is 19.2. The van der Waals surface area contributed by atoms with Crippen LogP contribution < -0.4 is 4.90 Å². The Kier molecular flexibility index (Phi) is 7.53. The number of anilines is 3. The maximum atomic E-state index is 6.42. The van der Waals surface area contributed by atoms with Crippen LogP contribution in [-0.2, 0) is 0 Å². The second-order valence-corrected chi connectivity index (χ2v) is 14.5. The Labute approximate surface area is 325 Å². The summed E-state index contributed by atoms with van der Waals surface area (Å²) < 4.78 is 6.42. The summed E-state index contributed by atoms with van der Waals surface area (Å²) in [7, 11) is 0. The van der Waals surface area contributed by atoms with Crippen LogP contribution in [0.15, 0.2) is 217 Å². The molecule has 0 aliphatic rings. The Hall–Kier alpha value is -7.42. The van der Waals surface area contributed by atoms with E-state index in [0.717, 1.165) is 50.1 Å². The van der Waals surface area contributed by atoms with Crippen molar-refractivity contribution in [1.82, 2.24) is 0 Å². The van der Waals surface area contributed by atoms with E-state index in [2.05, 4.69) is 211 Å². The zero-order chi connectivity index (χ0) is 37.0. The lowest BCUT2D eigenvalue weighted by atomic mass is 9.93. The third-order valence-electron chi connectivity index (χ3n) is 11.2. The van der Waals surface area contributed by atoms with Gasteiger partial charge in [0.05, 0.1) is 11.1 Å². The van der Waals surface area contributed by atoms with Crippen LogP contribution in [0.25, 0.3) is 87.6 Å². The monoisotopic (exact) mass is 713 g/mol. The number of hydrogen-bond donors (Lipinski definition) is 0. The minimum atomic E-state index is 0.868. The van der Waals surface area contributed by atoms with Gasteiger partial charge in [-0.05, 0) is 108 Å². The number of nitrogens with zero attached hydrogens (tertiary/aromatic N) is 1. The molecule has 0 aliphatic carbocycles. The van der Waals surface area contributed by atoms with Crippen molar-refractivity contribution < 1.29 is 4.42 Å². The average molecular weight is 714 g/mol. The highest BCUT2D eigenvalue weighted by Crippen LogP contribution is 2.45. The van der Waals surface area contributed by atoms with Gasteiger partial charge in [-0.1, -0.05) is 170 Å². The first kappa shape index (κ1) is 32.0. The molecule has 11 aromatic rings. The number of rotatable bonds is 6. The first-order valence-electron chi connectivity index (χ1n) is 19.2. The van der Waals surface area contributed by atoms with Gasteiger partial charge >= 0.3 is 0 Å². The zero-order valence-corrected chi connectivity index (χ0v) is 30.6. The minimum Gasteiger partial charge on any atom is -0.456 e. The summed E-state index contributed by atoms with van der Waals surface area (Å²) in [6, 6.07) is 76.5. The molecule has 0 saturated heterocycles. The fraction of sp³-hybridized carbons (Fsp3) is 0. The van der Waals surface area contributed by atoms with Crippen LogP contribution in [0.5, 0.6) is 0 Å². The topological polar surface area (TPSA) is 16.4 Å². The molecule has 262 valence electrons. The van der Waals surface area contributed by atoms with E-state index in [-0.39, 0.29) is 0 Å². The zero-order valence-electron chi connectivity index (χ0n) is 30.6. The molecule has 10 aromatic carbocycles. The molecule has 56 heavy (non-hydrogen) atoms. The van der Waals surface area contributed by atoms with E-state index in [1.807, 2.05) is 6.07 Å². The van der Waals surface area contributed by atoms with Crippen LogP contribution in [0, 0.1) is 0 Å². The van der Waals surface area contributed by atoms with Gasteiger partial charge in [-0.2, -0.15) is 0 Å². The van der Waals surface area contributed by atoms with E-state index in [4.69, 9.17) is 4.42 Å². The van der Waals surface area contributed by atoms with E-state index in [0.29, 0.717) is 0 Å². The molecule has 0 amide bonds. The quantitative estimate of drug-likeness (QED) is 0.160. The second kappa shape index (κ2) is 13.2. The molecule has 0 unspecified atom stereocenters. The van der Waals surface area contributed by atoms with Crippen molar-refractivity contribution in [2.45, 2.75) is 0 Å². The molecular formula is C54H35NO. The summed E-state index contributed by atoms with van der Waals surface area (Å²) in [4.78, 5) is 2.39. The molecule has 0 aliphatic heterocycles. The standard InChI is InChI=1S/C54H35NO/c1-3-19-44-37(12-1)14-9-22-47(44)41-16-8-18-43(35-41)55(51-25-11-27-53-54(51)50-21-5-6-26-52(50)56-53)42-17-7-15-40(34-42)36-28-30-39(31-29-36)46-23-10-24-48-45-20-4-2-13-38(45)32-33-49(46)48/h1-35H. The first-order chi connectivity index (χ1) is 27.8. The summed E-state index contributed by atoms with van der Waals surface area (Å²) >= 11 is 0. The number of hydrogen-bond acceptors (Lipinski definition) is 2. The van der Waals surface area contributed by atoms with Crippen LogP contribution in [0.3, 0.4) is 0 Å². The molecule has 2 heteroatoms. The van der Waals surface area contributed by atoms with E-state index in [1.54, 1.807) is 0 Å². The molecule has 0 fully saturated rings. The normalized spacial score (nSPS) is 11.6. The van der Waals surface area contributed by atoms with Gasteiger partial charge in [0.1, 0.15) is 11.2 Å². The van der Waals surface area contributed by atoms with Crippen molar-refractivity contribution in [1.29, 1.82) is 0 Å². The molecule has 2 nitrogen and oxygen atoms in total. The van der Waals surface area contributed by atoms with Gasteiger partial charge in [-0.15, -0.1) is 0 Å². The smallest absolute Gasteiger partial charge is 0.137 e. The van der Waals surface area contributed by atoms with Crippen molar-refractivity contribution in [2.75, 3.05) is 4.90 Å². The number of para-hydroxylation sites is 1. The van der Waals surface area contributed by atoms with Crippen molar-refractivity contribution in [2.24, 2.45) is 0 Å². The Morgan fingerprint density at radius 2 is 0.857 bits per heavy atom. The summed E-state index contributed by atoms with van der Waals surface area (Å²) in [5.74, 6) is 0. The van der Waals surface area contributed by atoms with Gasteiger partial charge in [0, 0.05) is 16.8 Å². The highest BCUT2D eigenvalue weighted by molar-refractivity contribution is 6.14. The van der Waals surface area contributed by atoms with Gasteiger partial charge in [-0.3, -0.25) is 0 Å². The Morgan fingerprint density at radius 1 is 0.304 bits per heavy atom. The molecule has 1 heterocycles. The van der Waals surface area contributed by atoms with E-state index in [9.17, 15) is 0 Å². The molecule has 11 rings (SSSR count). The van der Waals surface area contributed by atoms with Crippen molar-refractivity contribution in [3.63, 3.8) is 0 Å². The molecule has 0 bridgehead atoms. The van der Waals surface area contributed by atoms with Crippen LogP contribution in [0.2, 0.25) is 0 Å². The van der Waals surface area contributed by atoms with E-state index < -0.39 is 0 Å². The third kappa shape index (κ3) is 5.34. The Balaban J connectivity index is 1.05. The van der Waals surface area contributed by atoms with Crippen LogP contribution in [0.1, 0.15) is 0 Å². The largest absolute Gasteiger partial charge is 0.456 e. The second-order valence-electron chi connectivity index (χ2n) is 14.5. The number of furan rings is 1. The van der Waals surface area contributed by atoms with Gasteiger partial charge < -0.3 is 9.32 Å². The predicted octanol–water partition coefficient (Wildman–Crippen LogP) is 15.5. The molecule has 0 atom stereocenters. The molecular weight excluding hydrogens is 679 g/mol. The fourth-order valence-electron chi connectivity index (χ4n) is 8.62. The molecule has 1 aromatic heterocycles.